The van der Waals surface area contributed by atoms with Crippen LogP contribution in [0.2, 0.25) is 0 Å². The summed E-state index contributed by atoms with van der Waals surface area (Å²) in [6.45, 7) is 0. The van der Waals surface area contributed by atoms with E-state index < -0.39 is 7.37 Å². The van der Waals surface area contributed by atoms with Gasteiger partial charge in [-0.3, -0.25) is 4.57 Å². The number of nitrogens with one attached hydrogen (secondary N) is 1. The summed E-state index contributed by atoms with van der Waals surface area (Å²) in [7, 11) is -1.09. The van der Waals surface area contributed by atoms with Crippen molar-refractivity contribution in [1.29, 1.82) is 0 Å². The van der Waals surface area contributed by atoms with Crippen molar-refractivity contribution in [3.05, 3.63) is 24.0 Å². The first kappa shape index (κ1) is 6.59. The fourth-order valence-electron chi connectivity index (χ4n) is 0.521. The molecule has 1 aliphatic rings. The standard InChI is InChI=1S/C5H8NO2P/c1-8-9(7)4-2-6-3-5-9/h2-6H,1H3. The fraction of sp³-hybridized carbons (Fsp3) is 0.200. The second-order valence-corrected chi connectivity index (χ2v) is 3.88. The van der Waals surface area contributed by atoms with E-state index in [2.05, 4.69) is 5.32 Å². The Morgan fingerprint density at radius 2 is 2.00 bits per heavy atom. The molecule has 0 saturated carbocycles. The van der Waals surface area contributed by atoms with Gasteiger partial charge in [0.1, 0.15) is 0 Å². The van der Waals surface area contributed by atoms with Crippen molar-refractivity contribution in [2.24, 2.45) is 0 Å². The van der Waals surface area contributed by atoms with E-state index in [0.29, 0.717) is 0 Å². The molecule has 0 radical (unpaired) electrons. The highest BCUT2D eigenvalue weighted by atomic mass is 31.2. The van der Waals surface area contributed by atoms with Crippen molar-refractivity contribution in [1.82, 2.24) is 5.32 Å². The first-order valence-corrected chi connectivity index (χ1v) is 4.30. The Balaban J connectivity index is 2.80. The molecule has 9 heavy (non-hydrogen) atoms. The van der Waals surface area contributed by atoms with E-state index in [1.165, 1.54) is 18.7 Å². The van der Waals surface area contributed by atoms with E-state index in [-0.39, 0.29) is 0 Å². The van der Waals surface area contributed by atoms with Gasteiger partial charge >= 0.3 is 0 Å². The van der Waals surface area contributed by atoms with Crippen LogP contribution in [0.1, 0.15) is 0 Å². The molecule has 3 nitrogen and oxygen atoms in total. The summed E-state index contributed by atoms with van der Waals surface area (Å²) in [6.07, 6.45) is 3.20. The lowest BCUT2D eigenvalue weighted by atomic mass is 10.9. The minimum Gasteiger partial charge on any atom is -0.367 e. The van der Waals surface area contributed by atoms with Crippen LogP contribution in [0, 0.1) is 0 Å². The van der Waals surface area contributed by atoms with Crippen molar-refractivity contribution in [3.63, 3.8) is 0 Å². The molecule has 0 aliphatic carbocycles. The van der Waals surface area contributed by atoms with Gasteiger partial charge in [0.05, 0.1) is 0 Å². The van der Waals surface area contributed by atoms with Crippen LogP contribution in [-0.4, -0.2) is 7.11 Å². The molecule has 1 N–H and O–H groups in total. The monoisotopic (exact) mass is 145 g/mol. The van der Waals surface area contributed by atoms with Gasteiger partial charge < -0.3 is 9.84 Å². The molecule has 0 amide bonds. The summed E-state index contributed by atoms with van der Waals surface area (Å²) >= 11 is 0. The van der Waals surface area contributed by atoms with Crippen molar-refractivity contribution in [2.45, 2.75) is 0 Å². The molecule has 1 rings (SSSR count). The third-order valence-electron chi connectivity index (χ3n) is 1.04. The van der Waals surface area contributed by atoms with Gasteiger partial charge in [-0.05, 0) is 0 Å². The molecule has 4 heteroatoms. The van der Waals surface area contributed by atoms with Crippen LogP contribution >= 0.6 is 7.37 Å². The van der Waals surface area contributed by atoms with E-state index in [1.807, 2.05) is 0 Å². The van der Waals surface area contributed by atoms with E-state index in [0.717, 1.165) is 0 Å². The number of hydrogen-bond acceptors (Lipinski definition) is 3. The third-order valence-corrected chi connectivity index (χ3v) is 2.74. The van der Waals surface area contributed by atoms with Gasteiger partial charge in [-0.2, -0.15) is 0 Å². The molecule has 0 aromatic heterocycles. The SMILES string of the molecule is COP1(=O)C=CNC=C1. The van der Waals surface area contributed by atoms with Gasteiger partial charge in [0.25, 0.3) is 0 Å². The highest BCUT2D eigenvalue weighted by molar-refractivity contribution is 7.65. The molecule has 1 heterocycles. The summed E-state index contributed by atoms with van der Waals surface area (Å²) < 4.78 is 15.9. The molecule has 0 fully saturated rings. The quantitative estimate of drug-likeness (QED) is 0.567. The average Bonchev–Trinajstić information content (AvgIpc) is 1.90. The van der Waals surface area contributed by atoms with Crippen molar-refractivity contribution < 1.29 is 9.09 Å². The lowest BCUT2D eigenvalue weighted by Crippen LogP contribution is -1.95. The zero-order valence-electron chi connectivity index (χ0n) is 5.07. The number of rotatable bonds is 1. The van der Waals surface area contributed by atoms with Gasteiger partial charge in [-0.25, -0.2) is 0 Å². The third kappa shape index (κ3) is 1.44. The molecule has 0 bridgehead atoms. The second-order valence-electron chi connectivity index (χ2n) is 1.63. The predicted octanol–water partition coefficient (Wildman–Crippen LogP) is 1.46. The Hall–Kier alpha value is -0.530. The highest BCUT2D eigenvalue weighted by Gasteiger charge is 2.13. The molecule has 0 aromatic rings. The zero-order valence-corrected chi connectivity index (χ0v) is 5.97. The molecule has 1 aliphatic heterocycles. The maximum atomic E-state index is 11.2. The van der Waals surface area contributed by atoms with Crippen LogP contribution in [-0.2, 0) is 9.09 Å². The molecular formula is C5H8NO2P. The van der Waals surface area contributed by atoms with E-state index in [1.54, 1.807) is 12.4 Å². The van der Waals surface area contributed by atoms with Crippen LogP contribution < -0.4 is 5.32 Å². The predicted molar refractivity (Wildman–Crippen MR) is 36.0 cm³/mol. The molecule has 0 aromatic carbocycles. The minimum atomic E-state index is -2.52. The van der Waals surface area contributed by atoms with Gasteiger partial charge in [-0.1, -0.05) is 0 Å². The highest BCUT2D eigenvalue weighted by Crippen LogP contribution is 2.49. The maximum Gasteiger partial charge on any atom is 0.249 e. The largest absolute Gasteiger partial charge is 0.367 e. The van der Waals surface area contributed by atoms with Crippen LogP contribution in [0.5, 0.6) is 0 Å². The fourth-order valence-corrected chi connectivity index (χ4v) is 1.45. The first-order valence-electron chi connectivity index (χ1n) is 2.53. The molecule has 0 saturated heterocycles. The van der Waals surface area contributed by atoms with Crippen LogP contribution in [0.3, 0.4) is 0 Å². The summed E-state index contributed by atoms with van der Waals surface area (Å²) in [4.78, 5) is 0. The van der Waals surface area contributed by atoms with Crippen molar-refractivity contribution in [3.8, 4) is 0 Å². The summed E-state index contributed by atoms with van der Waals surface area (Å²) in [5, 5.41) is 2.76. The Labute approximate surface area is 53.9 Å². The van der Waals surface area contributed by atoms with Crippen molar-refractivity contribution in [2.75, 3.05) is 7.11 Å². The molecule has 0 atom stereocenters. The average molecular weight is 145 g/mol. The van der Waals surface area contributed by atoms with Crippen LogP contribution in [0.25, 0.3) is 0 Å². The summed E-state index contributed by atoms with van der Waals surface area (Å²) in [5.41, 5.74) is 0. The van der Waals surface area contributed by atoms with E-state index >= 15 is 0 Å². The topological polar surface area (TPSA) is 38.3 Å². The van der Waals surface area contributed by atoms with E-state index in [9.17, 15) is 4.57 Å². The maximum absolute atomic E-state index is 11.2. The zero-order chi connectivity index (χ0) is 6.74. The Kier molecular flexibility index (Phi) is 1.74. The van der Waals surface area contributed by atoms with Crippen molar-refractivity contribution >= 4 is 7.37 Å². The van der Waals surface area contributed by atoms with Crippen LogP contribution in [0.15, 0.2) is 24.0 Å². The lowest BCUT2D eigenvalue weighted by Gasteiger charge is -2.08. The van der Waals surface area contributed by atoms with Gasteiger partial charge in [-0.15, -0.1) is 0 Å². The lowest BCUT2D eigenvalue weighted by molar-refractivity contribution is 0.410. The van der Waals surface area contributed by atoms with Gasteiger partial charge in [0.2, 0.25) is 7.37 Å². The Bertz CT molecular complexity index is 181. The summed E-state index contributed by atoms with van der Waals surface area (Å²) in [6, 6.07) is 0. The molecular weight excluding hydrogens is 137 g/mol. The Morgan fingerprint density at radius 1 is 1.44 bits per heavy atom. The molecule has 0 spiro atoms. The molecule has 50 valence electrons. The smallest absolute Gasteiger partial charge is 0.249 e. The normalized spacial score (nSPS) is 21.4. The number of hydrogen-bond donors (Lipinski definition) is 1. The Morgan fingerprint density at radius 3 is 2.33 bits per heavy atom. The summed E-state index contributed by atoms with van der Waals surface area (Å²) in [5.74, 6) is 3.04. The van der Waals surface area contributed by atoms with Gasteiger partial charge in [0.15, 0.2) is 0 Å². The second kappa shape index (κ2) is 2.38. The van der Waals surface area contributed by atoms with Gasteiger partial charge in [0, 0.05) is 31.1 Å². The van der Waals surface area contributed by atoms with Crippen LogP contribution in [0.4, 0.5) is 0 Å². The minimum absolute atomic E-state index is 1.43. The molecule has 0 unspecified atom stereocenters. The van der Waals surface area contributed by atoms with E-state index in [4.69, 9.17) is 4.52 Å². The first-order chi connectivity index (χ1) is 4.27.